The largest absolute Gasteiger partial charge is 0.722 e. The Morgan fingerprint density at radius 2 is 2.07 bits per heavy atom. The average molecular weight is 304 g/mol. The quantitative estimate of drug-likeness (QED) is 0.207. The van der Waals surface area contributed by atoms with Gasteiger partial charge >= 0.3 is 5.96 Å². The highest BCUT2D eigenvalue weighted by Crippen LogP contribution is 2.08. The molecular formula is C8H9IN4O. The summed E-state index contributed by atoms with van der Waals surface area (Å²) in [6.45, 7) is 0. The molecule has 0 saturated carbocycles. The standard InChI is InChI=1S/C8H9IN4O/c9-7-4-2-1-3-6(7)5-12-13(14)8(10)11/h1-5H,10-11H2/b12-5+. The SMILES string of the molecule is NC(N)=[N+]([O-])/N=C/c1ccccc1I. The fraction of sp³-hybridized carbons (Fsp3) is 0. The first-order valence-electron chi connectivity index (χ1n) is 3.75. The van der Waals surface area contributed by atoms with Crippen molar-refractivity contribution in [1.29, 1.82) is 0 Å². The van der Waals surface area contributed by atoms with Crippen molar-refractivity contribution in [1.82, 2.24) is 0 Å². The van der Waals surface area contributed by atoms with Crippen LogP contribution in [0.1, 0.15) is 5.56 Å². The second kappa shape index (κ2) is 4.80. The minimum absolute atomic E-state index is 0.170. The van der Waals surface area contributed by atoms with Crippen molar-refractivity contribution < 1.29 is 4.85 Å². The molecule has 0 bridgehead atoms. The van der Waals surface area contributed by atoms with Gasteiger partial charge in [0.05, 0.1) is 6.21 Å². The normalized spacial score (nSPS) is 10.4. The van der Waals surface area contributed by atoms with Gasteiger partial charge in [0.1, 0.15) is 0 Å². The predicted molar refractivity (Wildman–Crippen MR) is 63.8 cm³/mol. The Labute approximate surface area is 94.8 Å². The molecule has 4 N–H and O–H groups in total. The number of hydrogen-bond donors (Lipinski definition) is 2. The van der Waals surface area contributed by atoms with E-state index in [2.05, 4.69) is 27.7 Å². The van der Waals surface area contributed by atoms with Gasteiger partial charge in [-0.05, 0) is 28.7 Å². The van der Waals surface area contributed by atoms with Crippen molar-refractivity contribution in [2.24, 2.45) is 16.6 Å². The van der Waals surface area contributed by atoms with Gasteiger partial charge in [0.25, 0.3) is 0 Å². The smallest absolute Gasteiger partial charge is 0.366 e. The van der Waals surface area contributed by atoms with Crippen LogP contribution < -0.4 is 11.5 Å². The molecule has 1 aromatic rings. The third-order valence-electron chi connectivity index (χ3n) is 1.43. The number of rotatable bonds is 2. The van der Waals surface area contributed by atoms with Crippen LogP contribution in [-0.2, 0) is 0 Å². The molecule has 0 aromatic heterocycles. The zero-order chi connectivity index (χ0) is 10.6. The van der Waals surface area contributed by atoms with Crippen molar-refractivity contribution >= 4 is 34.8 Å². The fourth-order valence-corrected chi connectivity index (χ4v) is 1.29. The summed E-state index contributed by atoms with van der Waals surface area (Å²) < 4.78 is 0.998. The van der Waals surface area contributed by atoms with Crippen LogP contribution in [0.5, 0.6) is 0 Å². The van der Waals surface area contributed by atoms with Gasteiger partial charge < -0.3 is 5.21 Å². The second-order valence-electron chi connectivity index (χ2n) is 2.46. The Hall–Kier alpha value is -1.31. The maximum atomic E-state index is 10.9. The number of nitrogens with two attached hydrogens (primary N) is 2. The highest BCUT2D eigenvalue weighted by molar-refractivity contribution is 14.1. The van der Waals surface area contributed by atoms with Crippen LogP contribution in [0, 0.1) is 8.78 Å². The van der Waals surface area contributed by atoms with Crippen LogP contribution in [0.25, 0.3) is 0 Å². The predicted octanol–water partition coefficient (Wildman–Crippen LogP) is 0.409. The van der Waals surface area contributed by atoms with Crippen LogP contribution in [0.3, 0.4) is 0 Å². The summed E-state index contributed by atoms with van der Waals surface area (Å²) in [6.07, 6.45) is 1.41. The molecule has 0 fully saturated rings. The molecule has 0 aliphatic rings. The van der Waals surface area contributed by atoms with Crippen molar-refractivity contribution in [2.45, 2.75) is 0 Å². The van der Waals surface area contributed by atoms with Gasteiger partial charge in [-0.25, -0.2) is 0 Å². The molecule has 0 aliphatic heterocycles. The summed E-state index contributed by atoms with van der Waals surface area (Å²) in [5, 5.41) is 14.4. The number of guanidine groups is 1. The van der Waals surface area contributed by atoms with Crippen LogP contribution in [0.15, 0.2) is 29.4 Å². The van der Waals surface area contributed by atoms with Crippen molar-refractivity contribution in [3.8, 4) is 0 Å². The van der Waals surface area contributed by atoms with E-state index in [1.54, 1.807) is 0 Å². The number of hydrogen-bond acceptors (Lipinski definition) is 2. The van der Waals surface area contributed by atoms with Crippen molar-refractivity contribution in [3.63, 3.8) is 0 Å². The molecule has 14 heavy (non-hydrogen) atoms. The lowest BCUT2D eigenvalue weighted by molar-refractivity contribution is -0.463. The van der Waals surface area contributed by atoms with E-state index in [1.807, 2.05) is 24.3 Å². The van der Waals surface area contributed by atoms with E-state index in [0.717, 1.165) is 9.13 Å². The highest BCUT2D eigenvalue weighted by atomic mass is 127. The molecule has 0 atom stereocenters. The van der Waals surface area contributed by atoms with E-state index in [0.29, 0.717) is 0 Å². The molecule has 1 aromatic carbocycles. The van der Waals surface area contributed by atoms with E-state index in [9.17, 15) is 5.21 Å². The van der Waals surface area contributed by atoms with E-state index >= 15 is 0 Å². The van der Waals surface area contributed by atoms with Gasteiger partial charge in [-0.2, -0.15) is 0 Å². The van der Waals surface area contributed by atoms with Crippen LogP contribution in [-0.4, -0.2) is 17.0 Å². The Bertz CT molecular complexity index is 385. The average Bonchev–Trinajstić information content (AvgIpc) is 2.16. The summed E-state index contributed by atoms with van der Waals surface area (Å²) in [6, 6.07) is 7.50. The summed E-state index contributed by atoms with van der Waals surface area (Å²) in [7, 11) is 0. The highest BCUT2D eigenvalue weighted by Gasteiger charge is 1.94. The monoisotopic (exact) mass is 304 g/mol. The Kier molecular flexibility index (Phi) is 3.69. The van der Waals surface area contributed by atoms with Crippen LogP contribution >= 0.6 is 22.6 Å². The zero-order valence-corrected chi connectivity index (χ0v) is 9.38. The lowest BCUT2D eigenvalue weighted by Crippen LogP contribution is -2.30. The third kappa shape index (κ3) is 2.87. The molecule has 6 heteroatoms. The van der Waals surface area contributed by atoms with Crippen molar-refractivity contribution in [2.75, 3.05) is 0 Å². The maximum Gasteiger partial charge on any atom is 0.366 e. The first-order chi connectivity index (χ1) is 6.61. The fourth-order valence-electron chi connectivity index (χ4n) is 0.761. The number of hydrazone groups is 1. The van der Waals surface area contributed by atoms with Crippen molar-refractivity contribution in [3.05, 3.63) is 38.6 Å². The van der Waals surface area contributed by atoms with E-state index in [4.69, 9.17) is 11.5 Å². The van der Waals surface area contributed by atoms with Gasteiger partial charge in [0.2, 0.25) is 0 Å². The van der Waals surface area contributed by atoms with Crippen LogP contribution in [0.2, 0.25) is 0 Å². The number of nitrogens with zero attached hydrogens (tertiary/aromatic N) is 2. The Morgan fingerprint density at radius 3 is 2.64 bits per heavy atom. The summed E-state index contributed by atoms with van der Waals surface area (Å²) in [4.78, 5) is 0.170. The number of halogens is 1. The van der Waals surface area contributed by atoms with E-state index < -0.39 is 0 Å². The number of benzene rings is 1. The molecule has 74 valence electrons. The lowest BCUT2D eigenvalue weighted by atomic mass is 10.2. The molecule has 0 saturated heterocycles. The molecule has 0 radical (unpaired) electrons. The van der Waals surface area contributed by atoms with Gasteiger partial charge in [-0.1, -0.05) is 18.2 Å². The molecule has 0 aliphatic carbocycles. The molecule has 0 amide bonds. The first-order valence-corrected chi connectivity index (χ1v) is 4.83. The third-order valence-corrected chi connectivity index (χ3v) is 2.41. The molecule has 0 spiro atoms. The molecule has 5 nitrogen and oxygen atoms in total. The topological polar surface area (TPSA) is 90.5 Å². The molecule has 0 heterocycles. The van der Waals surface area contributed by atoms with Gasteiger partial charge in [0.15, 0.2) is 0 Å². The first kappa shape index (κ1) is 10.8. The second-order valence-corrected chi connectivity index (χ2v) is 3.63. The van der Waals surface area contributed by atoms with Gasteiger partial charge in [0, 0.05) is 9.13 Å². The van der Waals surface area contributed by atoms with Gasteiger partial charge in [-0.3, -0.25) is 11.5 Å². The maximum absolute atomic E-state index is 10.9. The Morgan fingerprint density at radius 1 is 1.43 bits per heavy atom. The lowest BCUT2D eigenvalue weighted by Gasteiger charge is -2.02. The summed E-state index contributed by atoms with van der Waals surface area (Å²) in [5.41, 5.74) is 10.9. The van der Waals surface area contributed by atoms with Crippen LogP contribution in [0.4, 0.5) is 0 Å². The summed E-state index contributed by atoms with van der Waals surface area (Å²) >= 11 is 2.14. The minimum Gasteiger partial charge on any atom is -0.722 e. The minimum atomic E-state index is -0.382. The van der Waals surface area contributed by atoms with Gasteiger partial charge in [-0.15, -0.1) is 9.95 Å². The zero-order valence-electron chi connectivity index (χ0n) is 7.22. The molecule has 1 rings (SSSR count). The Balaban J connectivity index is 2.90. The molecule has 0 unspecified atom stereocenters. The molecular weight excluding hydrogens is 295 g/mol. The summed E-state index contributed by atoms with van der Waals surface area (Å²) in [5.74, 6) is -0.382. The van der Waals surface area contributed by atoms with E-state index in [-0.39, 0.29) is 10.8 Å². The van der Waals surface area contributed by atoms with E-state index in [1.165, 1.54) is 6.21 Å².